The van der Waals surface area contributed by atoms with Gasteiger partial charge in [-0.05, 0) is 43.9 Å². The molecule has 7 nitrogen and oxygen atoms in total. The van der Waals surface area contributed by atoms with Crippen molar-refractivity contribution in [3.05, 3.63) is 47.2 Å². The van der Waals surface area contributed by atoms with Crippen LogP contribution in [-0.2, 0) is 12.8 Å². The van der Waals surface area contributed by atoms with Crippen LogP contribution in [0, 0.1) is 13.8 Å². The first-order valence-electron chi connectivity index (χ1n) is 8.96. The Hall–Kier alpha value is -2.10. The Bertz CT molecular complexity index is 885. The van der Waals surface area contributed by atoms with E-state index < -0.39 is 0 Å². The van der Waals surface area contributed by atoms with Gasteiger partial charge in [-0.2, -0.15) is 4.98 Å². The number of fused-ring (bicyclic) bond motifs is 1. The standard InChI is InChI=1S/C19H26N6O.HI/c1-13-6-7-16-15(12-23-17(16)11-13)8-10-22-19(20-3)21-9-4-5-18-24-14(2)25-26-18;/h6-7,11-12,23H,4-5,8-10H2,1-3H3,(H2,20,21,22);1H. The lowest BCUT2D eigenvalue weighted by Gasteiger charge is -2.11. The zero-order valence-electron chi connectivity index (χ0n) is 16.0. The molecule has 0 aliphatic rings. The first-order valence-corrected chi connectivity index (χ1v) is 8.96. The van der Waals surface area contributed by atoms with E-state index in [9.17, 15) is 0 Å². The molecule has 0 aliphatic carbocycles. The molecule has 0 unspecified atom stereocenters. The molecule has 0 bridgehead atoms. The van der Waals surface area contributed by atoms with Gasteiger partial charge in [-0.1, -0.05) is 17.3 Å². The maximum Gasteiger partial charge on any atom is 0.226 e. The van der Waals surface area contributed by atoms with Crippen LogP contribution in [0.15, 0.2) is 33.9 Å². The van der Waals surface area contributed by atoms with Crippen molar-refractivity contribution < 1.29 is 4.52 Å². The summed E-state index contributed by atoms with van der Waals surface area (Å²) in [5, 5.41) is 11.8. The Kier molecular flexibility index (Phi) is 8.08. The van der Waals surface area contributed by atoms with Crippen molar-refractivity contribution in [2.24, 2.45) is 4.99 Å². The molecule has 146 valence electrons. The van der Waals surface area contributed by atoms with Gasteiger partial charge >= 0.3 is 0 Å². The van der Waals surface area contributed by atoms with Gasteiger partial charge in [0, 0.05) is 43.7 Å². The fourth-order valence-corrected chi connectivity index (χ4v) is 2.93. The molecule has 0 saturated carbocycles. The van der Waals surface area contributed by atoms with Crippen LogP contribution in [0.5, 0.6) is 0 Å². The second-order valence-corrected chi connectivity index (χ2v) is 6.38. The molecule has 2 aromatic heterocycles. The van der Waals surface area contributed by atoms with Gasteiger partial charge in [-0.25, -0.2) is 0 Å². The number of guanidine groups is 1. The monoisotopic (exact) mass is 482 g/mol. The largest absolute Gasteiger partial charge is 0.361 e. The summed E-state index contributed by atoms with van der Waals surface area (Å²) in [5.74, 6) is 2.17. The Morgan fingerprint density at radius 1 is 1.19 bits per heavy atom. The lowest BCUT2D eigenvalue weighted by Crippen LogP contribution is -2.38. The van der Waals surface area contributed by atoms with Crippen molar-refractivity contribution in [1.29, 1.82) is 0 Å². The molecule has 0 fully saturated rings. The maximum atomic E-state index is 5.11. The van der Waals surface area contributed by atoms with Gasteiger partial charge in [0.05, 0.1) is 0 Å². The van der Waals surface area contributed by atoms with E-state index in [2.05, 4.69) is 62.1 Å². The smallest absolute Gasteiger partial charge is 0.226 e. The molecule has 8 heteroatoms. The number of benzene rings is 1. The Morgan fingerprint density at radius 2 is 2.00 bits per heavy atom. The second-order valence-electron chi connectivity index (χ2n) is 6.38. The highest BCUT2D eigenvalue weighted by Gasteiger charge is 2.05. The van der Waals surface area contributed by atoms with Gasteiger partial charge < -0.3 is 20.1 Å². The van der Waals surface area contributed by atoms with Crippen LogP contribution in [0.2, 0.25) is 0 Å². The average molecular weight is 482 g/mol. The average Bonchev–Trinajstić information content (AvgIpc) is 3.22. The van der Waals surface area contributed by atoms with Gasteiger partial charge in [-0.3, -0.25) is 4.99 Å². The number of halogens is 1. The highest BCUT2D eigenvalue weighted by molar-refractivity contribution is 14.0. The molecule has 0 amide bonds. The summed E-state index contributed by atoms with van der Waals surface area (Å²) in [6.07, 6.45) is 4.70. The first-order chi connectivity index (χ1) is 12.7. The molecule has 3 aromatic rings. The van der Waals surface area contributed by atoms with Gasteiger partial charge in [0.25, 0.3) is 0 Å². The molecule has 0 saturated heterocycles. The van der Waals surface area contributed by atoms with E-state index in [-0.39, 0.29) is 24.0 Å². The van der Waals surface area contributed by atoms with Crippen molar-refractivity contribution >= 4 is 40.8 Å². The van der Waals surface area contributed by atoms with Crippen molar-refractivity contribution in [2.75, 3.05) is 20.1 Å². The third kappa shape index (κ3) is 5.95. The number of hydrogen-bond donors (Lipinski definition) is 3. The SMILES string of the molecule is CN=C(NCCCc1nc(C)no1)NCCc1c[nH]c2cc(C)ccc12.I. The van der Waals surface area contributed by atoms with Gasteiger partial charge in [-0.15, -0.1) is 24.0 Å². The van der Waals surface area contributed by atoms with E-state index >= 15 is 0 Å². The van der Waals surface area contributed by atoms with Gasteiger partial charge in [0.1, 0.15) is 0 Å². The van der Waals surface area contributed by atoms with Crippen LogP contribution in [0.1, 0.15) is 29.3 Å². The number of aliphatic imine (C=N–C) groups is 1. The first kappa shape index (κ1) is 21.2. The molecule has 0 aliphatic heterocycles. The second kappa shape index (κ2) is 10.3. The van der Waals surface area contributed by atoms with Crippen molar-refractivity contribution in [3.63, 3.8) is 0 Å². The van der Waals surface area contributed by atoms with Crippen molar-refractivity contribution in [1.82, 2.24) is 25.8 Å². The van der Waals surface area contributed by atoms with Crippen LogP contribution in [0.25, 0.3) is 10.9 Å². The fraction of sp³-hybridized carbons (Fsp3) is 0.421. The zero-order valence-corrected chi connectivity index (χ0v) is 18.3. The van der Waals surface area contributed by atoms with Crippen molar-refractivity contribution in [2.45, 2.75) is 33.1 Å². The summed E-state index contributed by atoms with van der Waals surface area (Å²) in [5.41, 5.74) is 3.78. The van der Waals surface area contributed by atoms with Crippen LogP contribution in [0.4, 0.5) is 0 Å². The quantitative estimate of drug-likeness (QED) is 0.208. The normalized spacial score (nSPS) is 11.4. The summed E-state index contributed by atoms with van der Waals surface area (Å²) in [4.78, 5) is 11.8. The molecule has 3 rings (SSSR count). The number of hydrogen-bond acceptors (Lipinski definition) is 4. The summed E-state index contributed by atoms with van der Waals surface area (Å²) < 4.78 is 5.11. The minimum atomic E-state index is 0. The Balaban J connectivity index is 0.00000261. The van der Waals surface area contributed by atoms with E-state index in [1.165, 1.54) is 22.0 Å². The van der Waals surface area contributed by atoms with Gasteiger partial charge in [0.15, 0.2) is 11.8 Å². The minimum absolute atomic E-state index is 0. The predicted molar refractivity (Wildman–Crippen MR) is 119 cm³/mol. The molecule has 2 heterocycles. The number of aryl methyl sites for hydroxylation is 3. The van der Waals surface area contributed by atoms with E-state index in [0.29, 0.717) is 11.7 Å². The van der Waals surface area contributed by atoms with E-state index in [1.807, 2.05) is 6.92 Å². The minimum Gasteiger partial charge on any atom is -0.361 e. The number of aromatic nitrogens is 3. The molecule has 0 atom stereocenters. The molecule has 3 N–H and O–H groups in total. The Labute approximate surface area is 176 Å². The lowest BCUT2D eigenvalue weighted by atomic mass is 10.1. The number of nitrogens with zero attached hydrogens (tertiary/aromatic N) is 3. The fourth-order valence-electron chi connectivity index (χ4n) is 2.93. The molecular formula is C19H27IN6O. The molecular weight excluding hydrogens is 455 g/mol. The third-order valence-corrected chi connectivity index (χ3v) is 4.26. The lowest BCUT2D eigenvalue weighted by molar-refractivity contribution is 0.372. The van der Waals surface area contributed by atoms with E-state index in [4.69, 9.17) is 4.52 Å². The number of aromatic amines is 1. The summed E-state index contributed by atoms with van der Waals surface area (Å²) in [7, 11) is 1.78. The summed E-state index contributed by atoms with van der Waals surface area (Å²) in [6, 6.07) is 6.51. The predicted octanol–water partition coefficient (Wildman–Crippen LogP) is 3.13. The molecule has 1 aromatic carbocycles. The maximum absolute atomic E-state index is 5.11. The number of H-pyrrole nitrogens is 1. The summed E-state index contributed by atoms with van der Waals surface area (Å²) in [6.45, 7) is 5.56. The van der Waals surface area contributed by atoms with Crippen LogP contribution < -0.4 is 10.6 Å². The van der Waals surface area contributed by atoms with E-state index in [0.717, 1.165) is 38.3 Å². The van der Waals surface area contributed by atoms with Crippen molar-refractivity contribution in [3.8, 4) is 0 Å². The van der Waals surface area contributed by atoms with Crippen LogP contribution in [0.3, 0.4) is 0 Å². The molecule has 0 radical (unpaired) electrons. The van der Waals surface area contributed by atoms with Gasteiger partial charge in [0.2, 0.25) is 5.89 Å². The zero-order chi connectivity index (χ0) is 18.4. The molecule has 0 spiro atoms. The highest BCUT2D eigenvalue weighted by Crippen LogP contribution is 2.19. The number of nitrogens with one attached hydrogen (secondary N) is 3. The summed E-state index contributed by atoms with van der Waals surface area (Å²) >= 11 is 0. The number of rotatable bonds is 7. The third-order valence-electron chi connectivity index (χ3n) is 4.26. The van der Waals surface area contributed by atoms with Crippen LogP contribution >= 0.6 is 24.0 Å². The topological polar surface area (TPSA) is 91.1 Å². The van der Waals surface area contributed by atoms with E-state index in [1.54, 1.807) is 7.05 Å². The Morgan fingerprint density at radius 3 is 2.74 bits per heavy atom. The highest BCUT2D eigenvalue weighted by atomic mass is 127. The van der Waals surface area contributed by atoms with Crippen LogP contribution in [-0.4, -0.2) is 41.2 Å². The molecule has 27 heavy (non-hydrogen) atoms.